The Bertz CT molecular complexity index is 611. The van der Waals surface area contributed by atoms with Crippen molar-refractivity contribution in [3.05, 3.63) is 29.8 Å². The zero-order valence-corrected chi connectivity index (χ0v) is 16.8. The molecule has 1 saturated heterocycles. The van der Waals surface area contributed by atoms with Crippen molar-refractivity contribution in [2.24, 2.45) is 5.92 Å². The first-order valence-electron chi connectivity index (χ1n) is 9.67. The Morgan fingerprint density at radius 1 is 1.15 bits per heavy atom. The highest BCUT2D eigenvalue weighted by Crippen LogP contribution is 2.23. The van der Waals surface area contributed by atoms with Gasteiger partial charge in [-0.3, -0.25) is 4.79 Å². The summed E-state index contributed by atoms with van der Waals surface area (Å²) in [6.45, 7) is 11.9. The second-order valence-corrected chi connectivity index (χ2v) is 8.33. The van der Waals surface area contributed by atoms with Gasteiger partial charge in [0.25, 0.3) is 0 Å². The van der Waals surface area contributed by atoms with Crippen molar-refractivity contribution in [1.29, 1.82) is 0 Å². The fourth-order valence-corrected chi connectivity index (χ4v) is 3.14. The number of hydrogen-bond donors (Lipinski definition) is 2. The smallest absolute Gasteiger partial charge is 0.319 e. The summed E-state index contributed by atoms with van der Waals surface area (Å²) < 4.78 is 0. The molecule has 5 heteroatoms. The van der Waals surface area contributed by atoms with Gasteiger partial charge < -0.3 is 15.5 Å². The third-order valence-electron chi connectivity index (χ3n) is 5.18. The summed E-state index contributed by atoms with van der Waals surface area (Å²) >= 11 is 0. The van der Waals surface area contributed by atoms with E-state index in [9.17, 15) is 9.59 Å². The van der Waals surface area contributed by atoms with Gasteiger partial charge in [-0.1, -0.05) is 46.8 Å². The lowest BCUT2D eigenvalue weighted by Crippen LogP contribution is -2.48. The number of piperidine rings is 1. The standard InChI is InChI=1S/C21H33N3O2/c1-6-15(2)19(25)24-13-11-18(12-14-24)23-20(26)22-17-9-7-16(8-10-17)21(3,4)5/h7-10,15,18H,6,11-14H2,1-5H3,(H2,22,23,26). The first kappa shape index (κ1) is 20.3. The Kier molecular flexibility index (Phi) is 6.68. The minimum Gasteiger partial charge on any atom is -0.342 e. The highest BCUT2D eigenvalue weighted by molar-refractivity contribution is 5.89. The Hall–Kier alpha value is -2.04. The lowest BCUT2D eigenvalue weighted by atomic mass is 9.87. The number of benzene rings is 1. The fourth-order valence-electron chi connectivity index (χ4n) is 3.14. The summed E-state index contributed by atoms with van der Waals surface area (Å²) in [6.07, 6.45) is 2.48. The largest absolute Gasteiger partial charge is 0.342 e. The number of carbonyl (C=O) groups excluding carboxylic acids is 2. The topological polar surface area (TPSA) is 61.4 Å². The quantitative estimate of drug-likeness (QED) is 0.848. The van der Waals surface area contributed by atoms with Crippen LogP contribution in [-0.4, -0.2) is 36.0 Å². The minimum absolute atomic E-state index is 0.0823. The summed E-state index contributed by atoms with van der Waals surface area (Å²) in [5.74, 6) is 0.313. The van der Waals surface area contributed by atoms with Crippen molar-refractivity contribution >= 4 is 17.6 Å². The highest BCUT2D eigenvalue weighted by atomic mass is 16.2. The van der Waals surface area contributed by atoms with Gasteiger partial charge >= 0.3 is 6.03 Å². The molecule has 2 rings (SSSR count). The number of rotatable bonds is 4. The van der Waals surface area contributed by atoms with Crippen LogP contribution in [0.5, 0.6) is 0 Å². The average molecular weight is 360 g/mol. The number of urea groups is 1. The number of anilines is 1. The van der Waals surface area contributed by atoms with Gasteiger partial charge in [-0.05, 0) is 42.4 Å². The van der Waals surface area contributed by atoms with E-state index in [4.69, 9.17) is 0 Å². The van der Waals surface area contributed by atoms with Crippen LogP contribution in [0.15, 0.2) is 24.3 Å². The Morgan fingerprint density at radius 2 is 1.73 bits per heavy atom. The fraction of sp³-hybridized carbons (Fsp3) is 0.619. The van der Waals surface area contributed by atoms with Crippen LogP contribution < -0.4 is 10.6 Å². The molecule has 1 aromatic carbocycles. The van der Waals surface area contributed by atoms with E-state index >= 15 is 0 Å². The van der Waals surface area contributed by atoms with E-state index in [1.807, 2.05) is 30.9 Å². The van der Waals surface area contributed by atoms with Crippen molar-refractivity contribution in [2.45, 2.75) is 65.3 Å². The van der Waals surface area contributed by atoms with E-state index in [0.717, 1.165) is 24.9 Å². The average Bonchev–Trinajstić information content (AvgIpc) is 2.60. The molecule has 0 saturated carbocycles. The van der Waals surface area contributed by atoms with Gasteiger partial charge in [0.05, 0.1) is 0 Å². The zero-order chi connectivity index (χ0) is 19.3. The third-order valence-corrected chi connectivity index (χ3v) is 5.18. The molecule has 1 atom stereocenters. The SMILES string of the molecule is CCC(C)C(=O)N1CCC(NC(=O)Nc2ccc(C(C)(C)C)cc2)CC1. The van der Waals surface area contributed by atoms with Gasteiger partial charge in [0.2, 0.25) is 5.91 Å². The highest BCUT2D eigenvalue weighted by Gasteiger charge is 2.26. The summed E-state index contributed by atoms with van der Waals surface area (Å²) in [5, 5.41) is 5.93. The van der Waals surface area contributed by atoms with Crippen molar-refractivity contribution < 1.29 is 9.59 Å². The molecule has 1 fully saturated rings. The van der Waals surface area contributed by atoms with Crippen LogP contribution in [0.2, 0.25) is 0 Å². The van der Waals surface area contributed by atoms with Crippen LogP contribution >= 0.6 is 0 Å². The molecule has 1 aliphatic rings. The lowest BCUT2D eigenvalue weighted by molar-refractivity contribution is -0.136. The molecule has 2 N–H and O–H groups in total. The molecular weight excluding hydrogens is 326 g/mol. The van der Waals surface area contributed by atoms with Crippen molar-refractivity contribution in [3.8, 4) is 0 Å². The predicted octanol–water partition coefficient (Wildman–Crippen LogP) is 4.14. The second kappa shape index (κ2) is 8.56. The molecular formula is C21H33N3O2. The number of nitrogens with one attached hydrogen (secondary N) is 2. The second-order valence-electron chi connectivity index (χ2n) is 8.33. The molecule has 0 aliphatic carbocycles. The summed E-state index contributed by atoms with van der Waals surface area (Å²) in [6, 6.07) is 7.91. The van der Waals surface area contributed by atoms with Crippen LogP contribution in [0, 0.1) is 5.92 Å². The van der Waals surface area contributed by atoms with E-state index < -0.39 is 0 Å². The summed E-state index contributed by atoms with van der Waals surface area (Å²) in [4.78, 5) is 26.4. The lowest BCUT2D eigenvalue weighted by Gasteiger charge is -2.33. The maximum atomic E-state index is 12.2. The van der Waals surface area contributed by atoms with E-state index in [-0.39, 0.29) is 29.3 Å². The van der Waals surface area contributed by atoms with Crippen LogP contribution in [0.3, 0.4) is 0 Å². The third kappa shape index (κ3) is 5.48. The zero-order valence-electron chi connectivity index (χ0n) is 16.8. The molecule has 1 heterocycles. The normalized spacial score (nSPS) is 16.9. The van der Waals surface area contributed by atoms with Crippen LogP contribution in [-0.2, 0) is 10.2 Å². The first-order chi connectivity index (χ1) is 12.2. The number of amides is 3. The Balaban J connectivity index is 1.80. The molecule has 5 nitrogen and oxygen atoms in total. The van der Waals surface area contributed by atoms with Gasteiger partial charge in [0.15, 0.2) is 0 Å². The molecule has 0 radical (unpaired) electrons. The van der Waals surface area contributed by atoms with Gasteiger partial charge in [-0.2, -0.15) is 0 Å². The van der Waals surface area contributed by atoms with Gasteiger partial charge in [-0.15, -0.1) is 0 Å². The van der Waals surface area contributed by atoms with E-state index in [1.54, 1.807) is 0 Å². The van der Waals surface area contributed by atoms with Crippen LogP contribution in [0.1, 0.15) is 59.4 Å². The molecule has 3 amide bonds. The molecule has 144 valence electrons. The van der Waals surface area contributed by atoms with Gasteiger partial charge in [0, 0.05) is 30.7 Å². The van der Waals surface area contributed by atoms with Crippen molar-refractivity contribution in [1.82, 2.24) is 10.2 Å². The number of nitrogens with zero attached hydrogens (tertiary/aromatic N) is 1. The molecule has 1 aliphatic heterocycles. The van der Waals surface area contributed by atoms with E-state index in [2.05, 4.69) is 43.5 Å². The number of carbonyl (C=O) groups is 2. The Morgan fingerprint density at radius 3 is 2.23 bits per heavy atom. The number of likely N-dealkylation sites (tertiary alicyclic amines) is 1. The van der Waals surface area contributed by atoms with Crippen molar-refractivity contribution in [2.75, 3.05) is 18.4 Å². The minimum atomic E-state index is -0.180. The van der Waals surface area contributed by atoms with Crippen LogP contribution in [0.4, 0.5) is 10.5 Å². The maximum absolute atomic E-state index is 12.2. The molecule has 1 unspecified atom stereocenters. The molecule has 26 heavy (non-hydrogen) atoms. The van der Waals surface area contributed by atoms with Crippen molar-refractivity contribution in [3.63, 3.8) is 0 Å². The monoisotopic (exact) mass is 359 g/mol. The molecule has 0 spiro atoms. The van der Waals surface area contributed by atoms with Gasteiger partial charge in [0.1, 0.15) is 0 Å². The molecule has 1 aromatic rings. The first-order valence-corrected chi connectivity index (χ1v) is 9.67. The molecule has 0 aromatic heterocycles. The van der Waals surface area contributed by atoms with Crippen LogP contribution in [0.25, 0.3) is 0 Å². The summed E-state index contributed by atoms with van der Waals surface area (Å²) in [7, 11) is 0. The predicted molar refractivity (Wildman–Crippen MR) is 106 cm³/mol. The summed E-state index contributed by atoms with van der Waals surface area (Å²) in [5.41, 5.74) is 2.13. The molecule has 0 bridgehead atoms. The van der Waals surface area contributed by atoms with E-state index in [0.29, 0.717) is 13.1 Å². The maximum Gasteiger partial charge on any atom is 0.319 e. The van der Waals surface area contributed by atoms with Gasteiger partial charge in [-0.25, -0.2) is 4.79 Å². The van der Waals surface area contributed by atoms with E-state index in [1.165, 1.54) is 5.56 Å². The number of hydrogen-bond acceptors (Lipinski definition) is 2. The Labute approximate surface area is 157 Å².